The van der Waals surface area contributed by atoms with Crippen LogP contribution in [0.1, 0.15) is 116 Å². The van der Waals surface area contributed by atoms with Crippen molar-refractivity contribution < 1.29 is 31.2 Å². The number of piperidine rings is 2. The molecule has 15 heteroatoms. The second kappa shape index (κ2) is 18.1. The van der Waals surface area contributed by atoms with Gasteiger partial charge in [0.15, 0.2) is 0 Å². The molecule has 0 spiro atoms. The zero-order chi connectivity index (χ0) is 43.1. The Bertz CT molecular complexity index is 2490. The molecule has 13 nitrogen and oxygen atoms in total. The van der Waals surface area contributed by atoms with Gasteiger partial charge in [0.1, 0.15) is 0 Å². The molecule has 3 saturated heterocycles. The van der Waals surface area contributed by atoms with Crippen LogP contribution in [0.25, 0.3) is 21.8 Å². The van der Waals surface area contributed by atoms with Crippen molar-refractivity contribution >= 4 is 53.7 Å². The van der Waals surface area contributed by atoms with Crippen LogP contribution >= 0.6 is 0 Å². The third-order valence-corrected chi connectivity index (χ3v) is 17.4. The molecule has 2 aromatic carbocycles. The van der Waals surface area contributed by atoms with E-state index in [4.69, 9.17) is 4.74 Å². The summed E-state index contributed by atoms with van der Waals surface area (Å²) in [6, 6.07) is 11.5. The fourth-order valence-corrected chi connectivity index (χ4v) is 13.5. The van der Waals surface area contributed by atoms with E-state index in [1.165, 1.54) is 0 Å². The molecular weight excluding hydrogens is 813 g/mol. The van der Waals surface area contributed by atoms with Gasteiger partial charge in [0.2, 0.25) is 20.0 Å². The number of aromatic nitrogens is 2. The summed E-state index contributed by atoms with van der Waals surface area (Å²) in [7, 11) is -6.85. The van der Waals surface area contributed by atoms with Gasteiger partial charge in [-0.15, -0.1) is 0 Å². The van der Waals surface area contributed by atoms with Crippen molar-refractivity contribution in [2.24, 2.45) is 11.8 Å². The van der Waals surface area contributed by atoms with E-state index in [0.29, 0.717) is 78.8 Å². The fraction of sp³-hybridized carbons (Fsp3) is 0.609. The molecule has 0 radical (unpaired) electrons. The van der Waals surface area contributed by atoms with E-state index in [1.807, 2.05) is 54.0 Å². The first kappa shape index (κ1) is 43.9. The van der Waals surface area contributed by atoms with E-state index in [1.54, 1.807) is 14.0 Å². The molecule has 1 atom stereocenters. The minimum atomic E-state index is -3.45. The van der Waals surface area contributed by atoms with Gasteiger partial charge in [-0.25, -0.2) is 24.8 Å². The smallest absolute Gasteiger partial charge is 0.253 e. The molecule has 332 valence electrons. The molecule has 0 aliphatic carbocycles. The minimum absolute atomic E-state index is 0.0514. The van der Waals surface area contributed by atoms with E-state index in [-0.39, 0.29) is 23.3 Å². The van der Waals surface area contributed by atoms with Gasteiger partial charge in [-0.05, 0) is 104 Å². The van der Waals surface area contributed by atoms with E-state index in [9.17, 15) is 26.4 Å². The molecule has 2 amide bonds. The lowest BCUT2D eigenvalue weighted by molar-refractivity contribution is 0.0689. The predicted octanol–water partition coefficient (Wildman–Crippen LogP) is 6.00. The third-order valence-electron chi connectivity index (χ3n) is 13.6. The van der Waals surface area contributed by atoms with Crippen LogP contribution in [0, 0.1) is 11.8 Å². The SMILES string of the molecule is CCCS(=O)(=O)n1c2c(c3cc(C(=O)N4CCC(C)CC4)ccc31)CN(C1CCOC1)CC2.CCCS(=O)(=O)n1c2c(c3cc(C(=O)N4CCC(C)CC4)ccc31)CNCC2. The Labute approximate surface area is 361 Å². The molecule has 3 fully saturated rings. The molecule has 2 aromatic heterocycles. The summed E-state index contributed by atoms with van der Waals surface area (Å²) >= 11 is 0. The summed E-state index contributed by atoms with van der Waals surface area (Å²) in [5, 5.41) is 5.14. The van der Waals surface area contributed by atoms with Crippen LogP contribution in [0.3, 0.4) is 0 Å². The standard InChI is InChI=1S/C25H35N3O4S.C21H29N3O3S/c1-3-14-33(30,31)28-23-5-4-19(25(29)26-10-6-18(2)7-11-26)15-21(23)22-16-27(12-8-24(22)28)20-9-13-32-17-20;1-3-12-28(26,27)24-19-5-4-16(21(25)23-10-7-15(2)8-11-23)13-17(19)18-14-22-9-6-20(18)24/h4-5,15,18,20H,3,6-14,16-17H2,1-2H3;4-5,13,15,22H,3,6-12,14H2,1-2H3. The first-order valence-corrected chi connectivity index (χ1v) is 25.9. The summed E-state index contributed by atoms with van der Waals surface area (Å²) in [6.07, 6.45) is 7.69. The van der Waals surface area contributed by atoms with Crippen molar-refractivity contribution in [1.82, 2.24) is 28.0 Å². The van der Waals surface area contributed by atoms with E-state index in [0.717, 1.165) is 118 Å². The Kier molecular flexibility index (Phi) is 13.1. The number of ether oxygens (including phenoxy) is 1. The van der Waals surface area contributed by atoms with Gasteiger partial charge in [-0.2, -0.15) is 0 Å². The number of hydrogen-bond acceptors (Lipinski definition) is 9. The molecule has 1 N–H and O–H groups in total. The highest BCUT2D eigenvalue weighted by Crippen LogP contribution is 2.36. The van der Waals surface area contributed by atoms with Gasteiger partial charge in [-0.3, -0.25) is 14.5 Å². The van der Waals surface area contributed by atoms with Crippen LogP contribution < -0.4 is 5.32 Å². The fourth-order valence-electron chi connectivity index (χ4n) is 10.1. The zero-order valence-electron chi connectivity index (χ0n) is 36.5. The number of likely N-dealkylation sites (tertiary alicyclic amines) is 2. The average Bonchev–Trinajstić information content (AvgIpc) is 3.99. The minimum Gasteiger partial charge on any atom is -0.380 e. The number of hydrogen-bond donors (Lipinski definition) is 1. The Balaban J connectivity index is 0.000000171. The number of fused-ring (bicyclic) bond motifs is 6. The average molecular weight is 877 g/mol. The molecule has 61 heavy (non-hydrogen) atoms. The number of amides is 2. The predicted molar refractivity (Wildman–Crippen MR) is 240 cm³/mol. The van der Waals surface area contributed by atoms with Crippen LogP contribution in [-0.4, -0.2) is 121 Å². The summed E-state index contributed by atoms with van der Waals surface area (Å²) in [5.74, 6) is 1.68. The largest absolute Gasteiger partial charge is 0.380 e. The lowest BCUT2D eigenvalue weighted by Gasteiger charge is -2.32. The zero-order valence-corrected chi connectivity index (χ0v) is 38.1. The van der Waals surface area contributed by atoms with Crippen molar-refractivity contribution in [3.63, 3.8) is 0 Å². The van der Waals surface area contributed by atoms with Gasteiger partial charge in [0.25, 0.3) is 11.8 Å². The first-order valence-electron chi connectivity index (χ1n) is 22.7. The highest BCUT2D eigenvalue weighted by molar-refractivity contribution is 7.90. The van der Waals surface area contributed by atoms with Crippen LogP contribution in [0.5, 0.6) is 0 Å². The van der Waals surface area contributed by atoms with Crippen LogP contribution in [0.4, 0.5) is 0 Å². The van der Waals surface area contributed by atoms with Crippen molar-refractivity contribution in [1.29, 1.82) is 0 Å². The summed E-state index contributed by atoms with van der Waals surface area (Å²) in [5.41, 5.74) is 6.57. The Morgan fingerprint density at radius 1 is 0.689 bits per heavy atom. The van der Waals surface area contributed by atoms with Gasteiger partial charge in [0, 0.05) is 111 Å². The third kappa shape index (κ3) is 8.78. The molecule has 5 aliphatic rings. The molecule has 4 aromatic rings. The molecule has 0 bridgehead atoms. The highest BCUT2D eigenvalue weighted by Gasteiger charge is 2.34. The maximum absolute atomic E-state index is 13.3. The quantitative estimate of drug-likeness (QED) is 0.215. The lowest BCUT2D eigenvalue weighted by Crippen LogP contribution is -2.40. The number of carbonyl (C=O) groups is 2. The van der Waals surface area contributed by atoms with E-state index >= 15 is 0 Å². The summed E-state index contributed by atoms with van der Waals surface area (Å²) in [4.78, 5) is 32.6. The maximum Gasteiger partial charge on any atom is 0.253 e. The highest BCUT2D eigenvalue weighted by atomic mass is 32.2. The Hall–Kier alpha value is -3.76. The normalized spacial score (nSPS) is 20.8. The monoisotopic (exact) mass is 876 g/mol. The molecule has 0 saturated carbocycles. The maximum atomic E-state index is 13.3. The van der Waals surface area contributed by atoms with Crippen LogP contribution in [0.15, 0.2) is 36.4 Å². The Morgan fingerprint density at radius 3 is 1.69 bits per heavy atom. The second-order valence-corrected chi connectivity index (χ2v) is 22.0. The van der Waals surface area contributed by atoms with Gasteiger partial charge < -0.3 is 19.9 Å². The first-order chi connectivity index (χ1) is 29.3. The molecular formula is C46H64N6O7S2. The van der Waals surface area contributed by atoms with Gasteiger partial charge in [-0.1, -0.05) is 27.7 Å². The van der Waals surface area contributed by atoms with Gasteiger partial charge in [0.05, 0.1) is 29.1 Å². The van der Waals surface area contributed by atoms with Crippen molar-refractivity contribution in [3.05, 3.63) is 70.0 Å². The molecule has 7 heterocycles. The Morgan fingerprint density at radius 2 is 1.20 bits per heavy atom. The molecule has 5 aliphatic heterocycles. The van der Waals surface area contributed by atoms with Crippen molar-refractivity contribution in [3.8, 4) is 0 Å². The van der Waals surface area contributed by atoms with Crippen molar-refractivity contribution in [2.45, 2.75) is 105 Å². The number of nitrogens with zero attached hydrogens (tertiary/aromatic N) is 5. The second-order valence-electron chi connectivity index (χ2n) is 18.1. The number of benzene rings is 2. The van der Waals surface area contributed by atoms with E-state index < -0.39 is 20.0 Å². The summed E-state index contributed by atoms with van der Waals surface area (Å²) in [6.45, 7) is 15.9. The lowest BCUT2D eigenvalue weighted by atomic mass is 9.98. The van der Waals surface area contributed by atoms with Crippen LogP contribution in [-0.2, 0) is 50.7 Å². The van der Waals surface area contributed by atoms with E-state index in [2.05, 4.69) is 24.1 Å². The topological polar surface area (TPSA) is 143 Å². The number of carbonyl (C=O) groups excluding carboxylic acids is 2. The number of nitrogens with one attached hydrogen (secondary N) is 1. The summed E-state index contributed by atoms with van der Waals surface area (Å²) < 4.78 is 61.2. The molecule has 9 rings (SSSR count). The molecule has 1 unspecified atom stereocenters. The van der Waals surface area contributed by atoms with Gasteiger partial charge >= 0.3 is 0 Å². The van der Waals surface area contributed by atoms with Crippen LogP contribution in [0.2, 0.25) is 0 Å². The number of rotatable bonds is 9. The van der Waals surface area contributed by atoms with Crippen molar-refractivity contribution in [2.75, 3.05) is 64.0 Å².